The van der Waals surface area contributed by atoms with Crippen LogP contribution in [0.2, 0.25) is 0 Å². The van der Waals surface area contributed by atoms with Crippen molar-refractivity contribution in [1.29, 1.82) is 0 Å². The summed E-state index contributed by atoms with van der Waals surface area (Å²) in [5, 5.41) is 13.6. The Hall–Kier alpha value is -2.57. The van der Waals surface area contributed by atoms with E-state index in [9.17, 15) is 14.4 Å². The quantitative estimate of drug-likeness (QED) is 0.739. The molecule has 0 aliphatic heterocycles. The highest BCUT2D eigenvalue weighted by atomic mass is 16.5. The van der Waals surface area contributed by atoms with Crippen molar-refractivity contribution in [2.45, 2.75) is 19.3 Å². The largest absolute Gasteiger partial charge is 0.481 e. The molecule has 0 fully saturated rings. The molecule has 0 aliphatic rings. The number of ether oxygens (including phenoxy) is 1. The molecule has 0 saturated heterocycles. The fraction of sp³-hybridized carbons (Fsp3) is 0.308. The molecule has 0 aromatic heterocycles. The predicted molar refractivity (Wildman–Crippen MR) is 72.6 cm³/mol. The van der Waals surface area contributed by atoms with Gasteiger partial charge in [-0.3, -0.25) is 14.9 Å². The third-order valence-corrected chi connectivity index (χ3v) is 2.37. The summed E-state index contributed by atoms with van der Waals surface area (Å²) in [5.74, 6) is -1.21. The van der Waals surface area contributed by atoms with E-state index in [1.165, 1.54) is 7.11 Å². The van der Waals surface area contributed by atoms with Crippen LogP contribution < -0.4 is 10.6 Å². The topological polar surface area (TPSA) is 105 Å². The van der Waals surface area contributed by atoms with Crippen LogP contribution in [0.25, 0.3) is 0 Å². The molecular weight excluding hydrogens is 264 g/mol. The normalized spacial score (nSPS) is 9.65. The molecule has 20 heavy (non-hydrogen) atoms. The number of carboxylic acid groups (broad SMARTS) is 1. The van der Waals surface area contributed by atoms with E-state index in [0.717, 1.165) is 0 Å². The summed E-state index contributed by atoms with van der Waals surface area (Å²) in [4.78, 5) is 32.9. The standard InChI is InChI=1S/C13H16N2O5/c1-20-13(19)15-10-5-2-4-9(8-10)14-11(16)6-3-7-12(17)18/h2,4-5,8H,3,6-7H2,1H3,(H,14,16)(H,15,19)(H,17,18). The van der Waals surface area contributed by atoms with Gasteiger partial charge in [-0.05, 0) is 24.6 Å². The summed E-state index contributed by atoms with van der Waals surface area (Å²) >= 11 is 0. The molecule has 0 atom stereocenters. The van der Waals surface area contributed by atoms with Crippen LogP contribution in [0, 0.1) is 0 Å². The Kier molecular flexibility index (Phi) is 6.02. The van der Waals surface area contributed by atoms with E-state index in [-0.39, 0.29) is 25.2 Å². The number of anilines is 2. The highest BCUT2D eigenvalue weighted by Crippen LogP contribution is 2.15. The lowest BCUT2D eigenvalue weighted by Gasteiger charge is -2.08. The average molecular weight is 280 g/mol. The zero-order valence-corrected chi connectivity index (χ0v) is 11.0. The number of methoxy groups -OCH3 is 1. The van der Waals surface area contributed by atoms with E-state index >= 15 is 0 Å². The van der Waals surface area contributed by atoms with Crippen LogP contribution in [0.15, 0.2) is 24.3 Å². The lowest BCUT2D eigenvalue weighted by Crippen LogP contribution is -2.13. The number of hydrogen-bond donors (Lipinski definition) is 3. The van der Waals surface area contributed by atoms with Crippen molar-refractivity contribution < 1.29 is 24.2 Å². The molecule has 0 heterocycles. The van der Waals surface area contributed by atoms with Gasteiger partial charge >= 0.3 is 12.1 Å². The second-order valence-electron chi connectivity index (χ2n) is 3.99. The van der Waals surface area contributed by atoms with Gasteiger partial charge in [-0.1, -0.05) is 6.07 Å². The Labute approximate surface area is 115 Å². The Morgan fingerprint density at radius 3 is 2.40 bits per heavy atom. The van der Waals surface area contributed by atoms with Gasteiger partial charge in [0.25, 0.3) is 0 Å². The molecule has 108 valence electrons. The Morgan fingerprint density at radius 2 is 1.80 bits per heavy atom. The Morgan fingerprint density at radius 1 is 1.15 bits per heavy atom. The zero-order chi connectivity index (χ0) is 15.0. The highest BCUT2D eigenvalue weighted by molar-refractivity contribution is 5.92. The van der Waals surface area contributed by atoms with Crippen molar-refractivity contribution in [3.63, 3.8) is 0 Å². The number of amides is 2. The minimum atomic E-state index is -0.929. The molecule has 1 rings (SSSR count). The predicted octanol–water partition coefficient (Wildman–Crippen LogP) is 2.06. The van der Waals surface area contributed by atoms with Gasteiger partial charge in [0.15, 0.2) is 0 Å². The van der Waals surface area contributed by atoms with E-state index < -0.39 is 12.1 Å². The lowest BCUT2D eigenvalue weighted by atomic mass is 10.2. The molecule has 0 saturated carbocycles. The van der Waals surface area contributed by atoms with Gasteiger partial charge in [-0.25, -0.2) is 4.79 Å². The molecular formula is C13H16N2O5. The van der Waals surface area contributed by atoms with E-state index in [1.54, 1.807) is 24.3 Å². The van der Waals surface area contributed by atoms with Crippen molar-refractivity contribution in [2.24, 2.45) is 0 Å². The molecule has 7 nitrogen and oxygen atoms in total. The van der Waals surface area contributed by atoms with E-state index in [1.807, 2.05) is 0 Å². The SMILES string of the molecule is COC(=O)Nc1cccc(NC(=O)CCCC(=O)O)c1. The maximum Gasteiger partial charge on any atom is 0.411 e. The number of carbonyl (C=O) groups is 3. The molecule has 0 spiro atoms. The summed E-state index contributed by atoms with van der Waals surface area (Å²) in [6.45, 7) is 0. The van der Waals surface area contributed by atoms with Crippen LogP contribution >= 0.6 is 0 Å². The van der Waals surface area contributed by atoms with Crippen LogP contribution in [-0.2, 0) is 14.3 Å². The first kappa shape index (κ1) is 15.5. The van der Waals surface area contributed by atoms with Gasteiger partial charge in [0, 0.05) is 24.2 Å². The van der Waals surface area contributed by atoms with E-state index in [4.69, 9.17) is 5.11 Å². The van der Waals surface area contributed by atoms with Crippen LogP contribution in [0.1, 0.15) is 19.3 Å². The Bertz CT molecular complexity index is 501. The van der Waals surface area contributed by atoms with Gasteiger partial charge < -0.3 is 15.2 Å². The van der Waals surface area contributed by atoms with Crippen molar-refractivity contribution in [3.05, 3.63) is 24.3 Å². The van der Waals surface area contributed by atoms with Gasteiger partial charge in [-0.2, -0.15) is 0 Å². The number of benzene rings is 1. The molecule has 0 bridgehead atoms. The highest BCUT2D eigenvalue weighted by Gasteiger charge is 2.06. The first-order valence-electron chi connectivity index (χ1n) is 5.98. The maximum atomic E-state index is 11.6. The first-order chi connectivity index (χ1) is 9.51. The second kappa shape index (κ2) is 7.78. The van der Waals surface area contributed by atoms with Gasteiger partial charge in [-0.15, -0.1) is 0 Å². The summed E-state index contributed by atoms with van der Waals surface area (Å²) in [6.07, 6.45) is -0.241. The molecule has 2 amide bonds. The summed E-state index contributed by atoms with van der Waals surface area (Å²) in [7, 11) is 1.25. The summed E-state index contributed by atoms with van der Waals surface area (Å²) in [5.41, 5.74) is 0.999. The third kappa shape index (κ3) is 5.85. The molecule has 1 aromatic rings. The summed E-state index contributed by atoms with van der Waals surface area (Å²) in [6, 6.07) is 6.55. The monoisotopic (exact) mass is 280 g/mol. The van der Waals surface area contributed by atoms with Crippen molar-refractivity contribution >= 4 is 29.3 Å². The lowest BCUT2D eigenvalue weighted by molar-refractivity contribution is -0.137. The number of rotatable bonds is 6. The van der Waals surface area contributed by atoms with Crippen molar-refractivity contribution in [3.8, 4) is 0 Å². The van der Waals surface area contributed by atoms with Gasteiger partial charge in [0.2, 0.25) is 5.91 Å². The maximum absolute atomic E-state index is 11.6. The van der Waals surface area contributed by atoms with Gasteiger partial charge in [0.05, 0.1) is 7.11 Å². The third-order valence-electron chi connectivity index (χ3n) is 2.37. The number of carboxylic acids is 1. The van der Waals surface area contributed by atoms with Gasteiger partial charge in [0.1, 0.15) is 0 Å². The number of carbonyl (C=O) groups excluding carboxylic acids is 2. The number of hydrogen-bond acceptors (Lipinski definition) is 4. The summed E-state index contributed by atoms with van der Waals surface area (Å²) < 4.78 is 4.46. The fourth-order valence-electron chi connectivity index (χ4n) is 1.47. The second-order valence-corrected chi connectivity index (χ2v) is 3.99. The Balaban J connectivity index is 2.50. The molecule has 0 radical (unpaired) electrons. The molecule has 3 N–H and O–H groups in total. The number of nitrogens with one attached hydrogen (secondary N) is 2. The van der Waals surface area contributed by atoms with E-state index in [2.05, 4.69) is 15.4 Å². The first-order valence-corrected chi connectivity index (χ1v) is 5.98. The van der Waals surface area contributed by atoms with Crippen LogP contribution in [0.4, 0.5) is 16.2 Å². The zero-order valence-electron chi connectivity index (χ0n) is 11.0. The molecule has 7 heteroatoms. The van der Waals surface area contributed by atoms with Crippen LogP contribution in [0.5, 0.6) is 0 Å². The van der Waals surface area contributed by atoms with Crippen LogP contribution in [0.3, 0.4) is 0 Å². The minimum absolute atomic E-state index is 0.0443. The average Bonchev–Trinajstić information content (AvgIpc) is 2.38. The smallest absolute Gasteiger partial charge is 0.411 e. The van der Waals surface area contributed by atoms with E-state index in [0.29, 0.717) is 11.4 Å². The van der Waals surface area contributed by atoms with Crippen molar-refractivity contribution in [1.82, 2.24) is 0 Å². The molecule has 0 unspecified atom stereocenters. The fourth-order valence-corrected chi connectivity index (χ4v) is 1.47. The number of aliphatic carboxylic acids is 1. The molecule has 1 aromatic carbocycles. The van der Waals surface area contributed by atoms with Crippen LogP contribution in [-0.4, -0.2) is 30.2 Å². The van der Waals surface area contributed by atoms with Crippen molar-refractivity contribution in [2.75, 3.05) is 17.7 Å². The molecule has 0 aliphatic carbocycles. The minimum Gasteiger partial charge on any atom is -0.481 e.